The van der Waals surface area contributed by atoms with E-state index in [4.69, 9.17) is 0 Å². The maximum atomic E-state index is 14.1. The monoisotopic (exact) mass is 369 g/mol. The number of nitrogens with zero attached hydrogens (tertiary/aromatic N) is 1. The van der Waals surface area contributed by atoms with Crippen LogP contribution in [0.3, 0.4) is 0 Å². The number of fused-ring (bicyclic) bond motifs is 1. The molecule has 1 atom stereocenters. The summed E-state index contributed by atoms with van der Waals surface area (Å²) in [4.78, 5) is 4.45. The lowest BCUT2D eigenvalue weighted by molar-refractivity contribution is 0.0757. The lowest BCUT2D eigenvalue weighted by atomic mass is 9.84. The number of rotatable bonds is 2. The second-order valence-corrected chi connectivity index (χ2v) is 7.00. The molecule has 0 aliphatic heterocycles. The van der Waals surface area contributed by atoms with E-state index in [9.17, 15) is 18.3 Å². The quantitative estimate of drug-likeness (QED) is 0.612. The minimum absolute atomic E-state index is 0.0691. The third-order valence-electron chi connectivity index (χ3n) is 5.62. The predicted molar refractivity (Wildman–Crippen MR) is 98.5 cm³/mol. The van der Waals surface area contributed by atoms with Crippen LogP contribution >= 0.6 is 0 Å². The highest BCUT2D eigenvalue weighted by molar-refractivity contribution is 5.92. The van der Waals surface area contributed by atoms with Gasteiger partial charge in [0.1, 0.15) is 5.60 Å². The number of aliphatic hydroxyl groups is 1. The van der Waals surface area contributed by atoms with E-state index >= 15 is 0 Å². The average molecular weight is 369 g/mol. The van der Waals surface area contributed by atoms with Crippen molar-refractivity contribution in [2.75, 3.05) is 0 Å². The lowest BCUT2D eigenvalue weighted by Crippen LogP contribution is -2.26. The van der Waals surface area contributed by atoms with Crippen molar-refractivity contribution in [2.24, 2.45) is 0 Å². The van der Waals surface area contributed by atoms with Crippen molar-refractivity contribution >= 4 is 16.5 Å². The van der Waals surface area contributed by atoms with Gasteiger partial charge in [-0.1, -0.05) is 24.3 Å². The molecule has 3 aromatic rings. The van der Waals surface area contributed by atoms with Gasteiger partial charge in [-0.2, -0.15) is 0 Å². The first-order valence-electron chi connectivity index (χ1n) is 8.76. The number of pyridine rings is 1. The summed E-state index contributed by atoms with van der Waals surface area (Å²) in [6.45, 7) is 3.11. The molecule has 0 amide bonds. The molecule has 0 spiro atoms. The molecule has 138 valence electrons. The van der Waals surface area contributed by atoms with E-state index in [0.29, 0.717) is 12.0 Å². The van der Waals surface area contributed by atoms with Crippen LogP contribution in [-0.4, -0.2) is 10.1 Å². The van der Waals surface area contributed by atoms with Gasteiger partial charge in [0.15, 0.2) is 17.5 Å². The van der Waals surface area contributed by atoms with E-state index in [1.165, 1.54) is 6.92 Å². The van der Waals surface area contributed by atoms with Crippen LogP contribution in [0.1, 0.15) is 36.5 Å². The Balaban J connectivity index is 1.92. The fraction of sp³-hybridized carbons (Fsp3) is 0.227. The normalized spacial score (nSPS) is 19.9. The molecule has 0 fully saturated rings. The fourth-order valence-corrected chi connectivity index (χ4v) is 4.07. The molecule has 0 radical (unpaired) electrons. The number of para-hydroxylation sites is 1. The number of aromatic nitrogens is 1. The molecule has 5 heteroatoms. The standard InChI is InChI=1S/C22H18F3NO/c1-12-17(11-18(23)20(25)19(12)24)22(27)9-8-15(13(22)2)16-7-3-5-14-6-4-10-26-21(14)16/h3-7,10-11,27H,8-9H2,1-2H3. The highest BCUT2D eigenvalue weighted by Gasteiger charge is 2.41. The lowest BCUT2D eigenvalue weighted by Gasteiger charge is -2.28. The molecule has 2 aromatic carbocycles. The SMILES string of the molecule is CC1=C(c2cccc3cccnc23)CCC1(O)c1cc(F)c(F)c(F)c1C. The Hall–Kier alpha value is -2.66. The van der Waals surface area contributed by atoms with Gasteiger partial charge < -0.3 is 5.11 Å². The molecule has 1 heterocycles. The van der Waals surface area contributed by atoms with Gasteiger partial charge in [0.2, 0.25) is 0 Å². The van der Waals surface area contributed by atoms with Gasteiger partial charge in [-0.05, 0) is 61.1 Å². The molecule has 0 saturated heterocycles. The zero-order valence-electron chi connectivity index (χ0n) is 15.0. The highest BCUT2D eigenvalue weighted by Crippen LogP contribution is 2.48. The van der Waals surface area contributed by atoms with Gasteiger partial charge >= 0.3 is 0 Å². The minimum Gasteiger partial charge on any atom is -0.381 e. The van der Waals surface area contributed by atoms with Gasteiger partial charge in [0, 0.05) is 17.1 Å². The first-order chi connectivity index (χ1) is 12.8. The zero-order valence-corrected chi connectivity index (χ0v) is 15.0. The summed E-state index contributed by atoms with van der Waals surface area (Å²) in [5, 5.41) is 12.3. The van der Waals surface area contributed by atoms with Crippen LogP contribution in [0.4, 0.5) is 13.2 Å². The molecule has 1 aliphatic rings. The Bertz CT molecular complexity index is 1100. The predicted octanol–water partition coefficient (Wildman–Crippen LogP) is 5.42. The second-order valence-electron chi connectivity index (χ2n) is 7.00. The Morgan fingerprint density at radius 2 is 1.78 bits per heavy atom. The summed E-state index contributed by atoms with van der Waals surface area (Å²) in [6.07, 6.45) is 2.50. The first-order valence-corrected chi connectivity index (χ1v) is 8.76. The van der Waals surface area contributed by atoms with Gasteiger partial charge in [-0.25, -0.2) is 13.2 Å². The summed E-state index contributed by atoms with van der Waals surface area (Å²) in [5.41, 5.74) is 1.65. The summed E-state index contributed by atoms with van der Waals surface area (Å²) in [5.74, 6) is -4.07. The minimum atomic E-state index is -1.55. The van der Waals surface area contributed by atoms with Crippen LogP contribution in [0.15, 0.2) is 48.2 Å². The Labute approximate surface area is 155 Å². The molecular formula is C22H18F3NO. The molecule has 1 aromatic heterocycles. The van der Waals surface area contributed by atoms with Crippen molar-refractivity contribution in [3.05, 3.63) is 82.3 Å². The van der Waals surface area contributed by atoms with Crippen LogP contribution in [0.5, 0.6) is 0 Å². The van der Waals surface area contributed by atoms with Crippen molar-refractivity contribution in [1.29, 1.82) is 0 Å². The van der Waals surface area contributed by atoms with Crippen LogP contribution in [0.25, 0.3) is 16.5 Å². The molecule has 1 unspecified atom stereocenters. The fourth-order valence-electron chi connectivity index (χ4n) is 4.07. The van der Waals surface area contributed by atoms with E-state index in [1.54, 1.807) is 13.1 Å². The van der Waals surface area contributed by atoms with Crippen LogP contribution in [0, 0.1) is 24.4 Å². The van der Waals surface area contributed by atoms with Gasteiger partial charge in [-0.3, -0.25) is 4.98 Å². The van der Waals surface area contributed by atoms with E-state index in [-0.39, 0.29) is 17.5 Å². The molecule has 27 heavy (non-hydrogen) atoms. The maximum Gasteiger partial charge on any atom is 0.194 e. The van der Waals surface area contributed by atoms with Gasteiger partial charge in [-0.15, -0.1) is 0 Å². The molecular weight excluding hydrogens is 351 g/mol. The number of hydrogen-bond acceptors (Lipinski definition) is 2. The zero-order chi connectivity index (χ0) is 19.3. The van der Waals surface area contributed by atoms with E-state index in [2.05, 4.69) is 4.98 Å². The molecule has 1 N–H and O–H groups in total. The number of hydrogen-bond donors (Lipinski definition) is 1. The van der Waals surface area contributed by atoms with Crippen molar-refractivity contribution in [2.45, 2.75) is 32.3 Å². The molecule has 1 aliphatic carbocycles. The number of benzene rings is 2. The second kappa shape index (κ2) is 6.20. The van der Waals surface area contributed by atoms with Crippen molar-refractivity contribution in [3.8, 4) is 0 Å². The van der Waals surface area contributed by atoms with Gasteiger partial charge in [0.05, 0.1) is 5.52 Å². The summed E-state index contributed by atoms with van der Waals surface area (Å²) >= 11 is 0. The van der Waals surface area contributed by atoms with E-state index in [1.807, 2.05) is 30.3 Å². The van der Waals surface area contributed by atoms with E-state index < -0.39 is 23.1 Å². The third-order valence-corrected chi connectivity index (χ3v) is 5.62. The van der Waals surface area contributed by atoms with Crippen LogP contribution in [-0.2, 0) is 5.60 Å². The van der Waals surface area contributed by atoms with Gasteiger partial charge in [0.25, 0.3) is 0 Å². The topological polar surface area (TPSA) is 33.1 Å². The average Bonchev–Trinajstić information content (AvgIpc) is 2.98. The van der Waals surface area contributed by atoms with Crippen molar-refractivity contribution in [3.63, 3.8) is 0 Å². The smallest absolute Gasteiger partial charge is 0.194 e. The van der Waals surface area contributed by atoms with E-state index in [0.717, 1.165) is 28.1 Å². The Kier molecular flexibility index (Phi) is 4.07. The third kappa shape index (κ3) is 2.57. The van der Waals surface area contributed by atoms with Crippen LogP contribution < -0.4 is 0 Å². The number of allylic oxidation sites excluding steroid dienone is 1. The molecule has 0 bridgehead atoms. The summed E-state index contributed by atoms with van der Waals surface area (Å²) in [7, 11) is 0. The first kappa shape index (κ1) is 17.7. The Morgan fingerprint density at radius 3 is 2.56 bits per heavy atom. The maximum absolute atomic E-state index is 14.1. The molecule has 0 saturated carbocycles. The summed E-state index contributed by atoms with van der Waals surface area (Å²) < 4.78 is 41.5. The Morgan fingerprint density at radius 1 is 1.04 bits per heavy atom. The van der Waals surface area contributed by atoms with Crippen LogP contribution in [0.2, 0.25) is 0 Å². The van der Waals surface area contributed by atoms with Crippen molar-refractivity contribution < 1.29 is 18.3 Å². The van der Waals surface area contributed by atoms with Crippen molar-refractivity contribution in [1.82, 2.24) is 4.98 Å². The highest BCUT2D eigenvalue weighted by atomic mass is 19.2. The molecule has 4 rings (SSSR count). The summed E-state index contributed by atoms with van der Waals surface area (Å²) in [6, 6.07) is 10.5. The number of halogens is 3. The molecule has 2 nitrogen and oxygen atoms in total. The largest absolute Gasteiger partial charge is 0.381 e.